The quantitative estimate of drug-likeness (QED) is 0.633. The van der Waals surface area contributed by atoms with E-state index in [1.165, 1.54) is 0 Å². The highest BCUT2D eigenvalue weighted by molar-refractivity contribution is 5.27. The summed E-state index contributed by atoms with van der Waals surface area (Å²) in [4.78, 5) is 0. The third-order valence-electron chi connectivity index (χ3n) is 3.65. The van der Waals surface area contributed by atoms with Gasteiger partial charge in [0, 0.05) is 6.54 Å². The lowest BCUT2D eigenvalue weighted by molar-refractivity contribution is 0.0531. The number of ether oxygens (including phenoxy) is 1. The van der Waals surface area contributed by atoms with Crippen molar-refractivity contribution in [3.05, 3.63) is 65.7 Å². The van der Waals surface area contributed by atoms with E-state index in [1.54, 1.807) is 12.1 Å². The van der Waals surface area contributed by atoms with Gasteiger partial charge in [0.2, 0.25) is 0 Å². The van der Waals surface area contributed by atoms with Gasteiger partial charge in [-0.1, -0.05) is 42.5 Å². The van der Waals surface area contributed by atoms with E-state index in [-0.39, 0.29) is 6.04 Å². The Balaban J connectivity index is 2.00. The number of hydrogen-bond donors (Lipinski definition) is 2. The van der Waals surface area contributed by atoms with E-state index in [9.17, 15) is 5.11 Å². The Kier molecular flexibility index (Phi) is 5.33. The van der Waals surface area contributed by atoms with Gasteiger partial charge < -0.3 is 9.84 Å². The Hall–Kier alpha value is -1.88. The van der Waals surface area contributed by atoms with E-state index >= 15 is 0 Å². The van der Waals surface area contributed by atoms with Crippen molar-refractivity contribution in [2.24, 2.45) is 5.84 Å². The molecule has 0 radical (unpaired) electrons. The maximum absolute atomic E-state index is 10.4. The van der Waals surface area contributed by atoms with Crippen molar-refractivity contribution in [1.29, 1.82) is 0 Å². The van der Waals surface area contributed by atoms with Gasteiger partial charge >= 0.3 is 0 Å². The Labute approximate surface area is 125 Å². The third-order valence-corrected chi connectivity index (χ3v) is 3.65. The van der Waals surface area contributed by atoms with Crippen molar-refractivity contribution in [2.45, 2.75) is 25.6 Å². The summed E-state index contributed by atoms with van der Waals surface area (Å²) in [6.45, 7) is 2.48. The van der Waals surface area contributed by atoms with Crippen LogP contribution in [0.1, 0.15) is 24.2 Å². The van der Waals surface area contributed by atoms with Crippen LogP contribution in [0.15, 0.2) is 54.6 Å². The highest BCUT2D eigenvalue weighted by atomic mass is 16.5. The van der Waals surface area contributed by atoms with Crippen molar-refractivity contribution in [1.82, 2.24) is 5.01 Å². The molecule has 2 unspecified atom stereocenters. The highest BCUT2D eigenvalue weighted by Crippen LogP contribution is 2.20. The predicted octanol–water partition coefficient (Wildman–Crippen LogP) is 2.49. The SMILES string of the molecule is COc1ccc(CN(N)C(C)C(O)c2ccccc2)cc1. The van der Waals surface area contributed by atoms with Crippen LogP contribution in [0.3, 0.4) is 0 Å². The first-order chi connectivity index (χ1) is 10.1. The maximum Gasteiger partial charge on any atom is 0.118 e. The Morgan fingerprint density at radius 2 is 1.71 bits per heavy atom. The van der Waals surface area contributed by atoms with Gasteiger partial charge in [0.1, 0.15) is 5.75 Å². The van der Waals surface area contributed by atoms with Gasteiger partial charge in [-0.05, 0) is 30.2 Å². The zero-order chi connectivity index (χ0) is 15.2. The average molecular weight is 286 g/mol. The standard InChI is InChI=1S/C17H22N2O2/c1-13(17(20)15-6-4-3-5-7-15)19(18)12-14-8-10-16(21-2)11-9-14/h3-11,13,17,20H,12,18H2,1-2H3. The second-order valence-electron chi connectivity index (χ2n) is 5.12. The average Bonchev–Trinajstić information content (AvgIpc) is 2.55. The molecule has 2 rings (SSSR count). The second-order valence-corrected chi connectivity index (χ2v) is 5.12. The van der Waals surface area contributed by atoms with Crippen molar-refractivity contribution in [2.75, 3.05) is 7.11 Å². The molecule has 0 heterocycles. The molecule has 0 fully saturated rings. The minimum Gasteiger partial charge on any atom is -0.497 e. The Bertz CT molecular complexity index is 542. The van der Waals surface area contributed by atoms with E-state index in [4.69, 9.17) is 10.6 Å². The van der Waals surface area contributed by atoms with Crippen LogP contribution < -0.4 is 10.6 Å². The van der Waals surface area contributed by atoms with E-state index in [1.807, 2.05) is 61.5 Å². The summed E-state index contributed by atoms with van der Waals surface area (Å²) in [5.74, 6) is 6.92. The molecule has 2 aromatic carbocycles. The number of methoxy groups -OCH3 is 1. The number of hydrazine groups is 1. The molecule has 0 spiro atoms. The smallest absolute Gasteiger partial charge is 0.118 e. The molecule has 0 saturated heterocycles. The molecule has 3 N–H and O–H groups in total. The van der Waals surface area contributed by atoms with Gasteiger partial charge in [-0.2, -0.15) is 0 Å². The number of nitrogens with zero attached hydrogens (tertiary/aromatic N) is 1. The first-order valence-electron chi connectivity index (χ1n) is 6.99. The summed E-state index contributed by atoms with van der Waals surface area (Å²) >= 11 is 0. The molecule has 0 aromatic heterocycles. The molecular weight excluding hydrogens is 264 g/mol. The fourth-order valence-electron chi connectivity index (χ4n) is 2.20. The molecule has 0 aliphatic rings. The van der Waals surface area contributed by atoms with E-state index in [0.29, 0.717) is 6.54 Å². The zero-order valence-corrected chi connectivity index (χ0v) is 12.4. The van der Waals surface area contributed by atoms with Crippen LogP contribution in [0.2, 0.25) is 0 Å². The lowest BCUT2D eigenvalue weighted by atomic mass is 10.0. The van der Waals surface area contributed by atoms with Crippen LogP contribution in [0.25, 0.3) is 0 Å². The van der Waals surface area contributed by atoms with Crippen molar-refractivity contribution < 1.29 is 9.84 Å². The van der Waals surface area contributed by atoms with E-state index < -0.39 is 6.10 Å². The molecule has 21 heavy (non-hydrogen) atoms. The minimum atomic E-state index is -0.616. The number of benzene rings is 2. The summed E-state index contributed by atoms with van der Waals surface area (Å²) in [6, 6.07) is 17.1. The van der Waals surface area contributed by atoms with Crippen molar-refractivity contribution in [3.63, 3.8) is 0 Å². The molecule has 0 aliphatic carbocycles. The molecular formula is C17H22N2O2. The Morgan fingerprint density at radius 1 is 1.10 bits per heavy atom. The molecule has 4 heteroatoms. The number of nitrogens with two attached hydrogens (primary N) is 1. The topological polar surface area (TPSA) is 58.7 Å². The van der Waals surface area contributed by atoms with Crippen molar-refractivity contribution in [3.8, 4) is 5.75 Å². The van der Waals surface area contributed by atoms with Crippen LogP contribution >= 0.6 is 0 Å². The fourth-order valence-corrected chi connectivity index (χ4v) is 2.20. The molecule has 0 amide bonds. The minimum absolute atomic E-state index is 0.186. The van der Waals surface area contributed by atoms with E-state index in [2.05, 4.69) is 0 Å². The molecule has 0 bridgehead atoms. The lowest BCUT2D eigenvalue weighted by Gasteiger charge is -2.28. The first kappa shape index (κ1) is 15.5. The van der Waals surface area contributed by atoms with Crippen LogP contribution in [-0.2, 0) is 6.54 Å². The van der Waals surface area contributed by atoms with Crippen LogP contribution in [0.4, 0.5) is 0 Å². The van der Waals surface area contributed by atoms with E-state index in [0.717, 1.165) is 16.9 Å². The normalized spacial score (nSPS) is 14.0. The molecule has 2 aromatic rings. The van der Waals surface area contributed by atoms with Gasteiger partial charge in [0.25, 0.3) is 0 Å². The summed E-state index contributed by atoms with van der Waals surface area (Å²) < 4.78 is 5.13. The highest BCUT2D eigenvalue weighted by Gasteiger charge is 2.20. The summed E-state index contributed by atoms with van der Waals surface area (Å²) in [5.41, 5.74) is 1.94. The predicted molar refractivity (Wildman–Crippen MR) is 83.6 cm³/mol. The molecule has 2 atom stereocenters. The van der Waals surface area contributed by atoms with Gasteiger partial charge in [0.15, 0.2) is 0 Å². The number of rotatable bonds is 6. The molecule has 112 valence electrons. The number of aliphatic hydroxyl groups is 1. The van der Waals surface area contributed by atoms with Gasteiger partial charge in [-0.3, -0.25) is 5.84 Å². The summed E-state index contributed by atoms with van der Waals surface area (Å²) in [6.07, 6.45) is -0.616. The lowest BCUT2D eigenvalue weighted by Crippen LogP contribution is -2.42. The fraction of sp³-hybridized carbons (Fsp3) is 0.294. The van der Waals surface area contributed by atoms with Crippen LogP contribution in [-0.4, -0.2) is 23.3 Å². The van der Waals surface area contributed by atoms with Crippen LogP contribution in [0, 0.1) is 0 Å². The van der Waals surface area contributed by atoms with Gasteiger partial charge in [-0.25, -0.2) is 5.01 Å². The molecule has 0 aliphatic heterocycles. The van der Waals surface area contributed by atoms with Crippen molar-refractivity contribution >= 4 is 0 Å². The molecule has 4 nitrogen and oxygen atoms in total. The monoisotopic (exact) mass is 286 g/mol. The first-order valence-corrected chi connectivity index (χ1v) is 6.99. The number of hydrogen-bond acceptors (Lipinski definition) is 4. The van der Waals surface area contributed by atoms with Crippen LogP contribution in [0.5, 0.6) is 5.75 Å². The van der Waals surface area contributed by atoms with Gasteiger partial charge in [-0.15, -0.1) is 0 Å². The number of aliphatic hydroxyl groups excluding tert-OH is 1. The van der Waals surface area contributed by atoms with Gasteiger partial charge in [0.05, 0.1) is 19.3 Å². The summed E-state index contributed by atoms with van der Waals surface area (Å²) in [7, 11) is 1.64. The third kappa shape index (κ3) is 4.04. The largest absolute Gasteiger partial charge is 0.497 e. The Morgan fingerprint density at radius 3 is 2.29 bits per heavy atom. The zero-order valence-electron chi connectivity index (χ0n) is 12.4. The molecule has 0 saturated carbocycles. The second kappa shape index (κ2) is 7.22. The summed E-state index contributed by atoms with van der Waals surface area (Å²) in [5, 5.41) is 12.0. The maximum atomic E-state index is 10.4.